The van der Waals surface area contributed by atoms with Gasteiger partial charge in [0.05, 0.1) is 5.25 Å². The maximum Gasteiger partial charge on any atom is 1.00 e. The van der Waals surface area contributed by atoms with Crippen LogP contribution in [0, 0.1) is 6.92 Å². The summed E-state index contributed by atoms with van der Waals surface area (Å²) >= 11 is 0. The largest absolute Gasteiger partial charge is 1.00 e. The molecule has 0 aliphatic heterocycles. The number of carbonyl (C=O) groups is 1. The molecule has 0 aliphatic rings. The minimum Gasteiger partial charge on any atom is -0.747 e. The number of rotatable bonds is 5. The van der Waals surface area contributed by atoms with Gasteiger partial charge in [0.15, 0.2) is 5.78 Å². The maximum absolute atomic E-state index is 12.2. The summed E-state index contributed by atoms with van der Waals surface area (Å²) in [5, 5.41) is -1.35. The number of Topliss-reactive ketones (excluding diaryl/α,β-unsaturated/α-hetero) is 1. The first kappa shape index (κ1) is 19.1. The van der Waals surface area contributed by atoms with E-state index in [0.717, 1.165) is 5.56 Å². The van der Waals surface area contributed by atoms with Gasteiger partial charge in [-0.25, -0.2) is 8.42 Å². The number of benzene rings is 2. The van der Waals surface area contributed by atoms with E-state index in [1.807, 2.05) is 6.92 Å². The van der Waals surface area contributed by atoms with Gasteiger partial charge in [-0.2, -0.15) is 0 Å². The molecular formula is C16H15NaO4S. The molecule has 0 saturated heterocycles. The Kier molecular flexibility index (Phi) is 6.97. The van der Waals surface area contributed by atoms with Crippen molar-refractivity contribution in [3.8, 4) is 0 Å². The zero-order valence-corrected chi connectivity index (χ0v) is 15.3. The summed E-state index contributed by atoms with van der Waals surface area (Å²) in [5.74, 6) is -0.358. The monoisotopic (exact) mass is 326 g/mol. The first-order valence-electron chi connectivity index (χ1n) is 6.47. The van der Waals surface area contributed by atoms with E-state index in [0.29, 0.717) is 11.1 Å². The van der Waals surface area contributed by atoms with Crippen LogP contribution < -0.4 is 29.6 Å². The second-order valence-corrected chi connectivity index (χ2v) is 6.44. The fourth-order valence-corrected chi connectivity index (χ4v) is 2.93. The molecule has 0 aliphatic carbocycles. The van der Waals surface area contributed by atoms with Crippen molar-refractivity contribution in [1.82, 2.24) is 0 Å². The molecule has 110 valence electrons. The molecule has 0 bridgehead atoms. The normalized spacial score (nSPS) is 12.3. The number of ketones is 1. The van der Waals surface area contributed by atoms with E-state index < -0.39 is 15.4 Å². The molecule has 1 unspecified atom stereocenters. The molecule has 0 amide bonds. The van der Waals surface area contributed by atoms with Gasteiger partial charge in [-0.05, 0) is 12.5 Å². The van der Waals surface area contributed by atoms with Crippen LogP contribution in [0.25, 0.3) is 0 Å². The zero-order valence-electron chi connectivity index (χ0n) is 12.5. The number of aryl methyl sites for hydroxylation is 1. The van der Waals surface area contributed by atoms with Crippen molar-refractivity contribution in [2.75, 3.05) is 0 Å². The first-order valence-corrected chi connectivity index (χ1v) is 7.94. The van der Waals surface area contributed by atoms with Crippen LogP contribution in [0.15, 0.2) is 54.6 Å². The average molecular weight is 326 g/mol. The van der Waals surface area contributed by atoms with Gasteiger partial charge in [0.1, 0.15) is 10.1 Å². The van der Waals surface area contributed by atoms with Crippen LogP contribution in [0.1, 0.15) is 33.2 Å². The summed E-state index contributed by atoms with van der Waals surface area (Å²) in [6.45, 7) is 1.89. The van der Waals surface area contributed by atoms with Crippen molar-refractivity contribution in [3.05, 3.63) is 71.3 Å². The SMILES string of the molecule is Cc1ccc(C(=O)CC(c2ccccc2)S(=O)(=O)[O-])cc1.[Na+]. The van der Waals surface area contributed by atoms with Crippen molar-refractivity contribution < 1.29 is 47.3 Å². The molecule has 0 aromatic heterocycles. The second kappa shape index (κ2) is 8.04. The van der Waals surface area contributed by atoms with Crippen molar-refractivity contribution in [2.24, 2.45) is 0 Å². The van der Waals surface area contributed by atoms with Crippen LogP contribution in [-0.4, -0.2) is 18.8 Å². The Morgan fingerprint density at radius 2 is 1.59 bits per heavy atom. The van der Waals surface area contributed by atoms with E-state index in [9.17, 15) is 17.8 Å². The summed E-state index contributed by atoms with van der Waals surface area (Å²) in [6.07, 6.45) is -0.348. The third kappa shape index (κ3) is 5.04. The molecule has 0 heterocycles. The Morgan fingerprint density at radius 1 is 1.05 bits per heavy atom. The quantitative estimate of drug-likeness (QED) is 0.435. The van der Waals surface area contributed by atoms with Crippen LogP contribution in [0.3, 0.4) is 0 Å². The van der Waals surface area contributed by atoms with E-state index in [4.69, 9.17) is 0 Å². The zero-order chi connectivity index (χ0) is 15.5. The first-order chi connectivity index (χ1) is 9.88. The Morgan fingerprint density at radius 3 is 2.09 bits per heavy atom. The summed E-state index contributed by atoms with van der Waals surface area (Å²) in [4.78, 5) is 12.2. The predicted octanol–water partition coefficient (Wildman–Crippen LogP) is -0.142. The second-order valence-electron chi connectivity index (χ2n) is 4.89. The van der Waals surface area contributed by atoms with Crippen LogP contribution >= 0.6 is 0 Å². The molecule has 22 heavy (non-hydrogen) atoms. The topological polar surface area (TPSA) is 74.3 Å². The molecule has 1 atom stereocenters. The van der Waals surface area contributed by atoms with Gasteiger partial charge >= 0.3 is 29.6 Å². The average Bonchev–Trinajstić information content (AvgIpc) is 2.45. The number of hydrogen-bond acceptors (Lipinski definition) is 4. The van der Waals surface area contributed by atoms with Gasteiger partial charge in [-0.1, -0.05) is 60.2 Å². The summed E-state index contributed by atoms with van der Waals surface area (Å²) in [7, 11) is -4.60. The third-order valence-corrected chi connectivity index (χ3v) is 4.40. The van der Waals surface area contributed by atoms with E-state index in [1.54, 1.807) is 54.6 Å². The summed E-state index contributed by atoms with van der Waals surface area (Å²) < 4.78 is 34.3. The Balaban J connectivity index is 0.00000242. The van der Waals surface area contributed by atoms with Gasteiger partial charge < -0.3 is 4.55 Å². The smallest absolute Gasteiger partial charge is 0.747 e. The van der Waals surface area contributed by atoms with Gasteiger partial charge in [-0.3, -0.25) is 4.79 Å². The van der Waals surface area contributed by atoms with Gasteiger partial charge in [0.2, 0.25) is 0 Å². The van der Waals surface area contributed by atoms with Gasteiger partial charge in [0, 0.05) is 12.0 Å². The van der Waals surface area contributed by atoms with Crippen molar-refractivity contribution in [2.45, 2.75) is 18.6 Å². The number of carbonyl (C=O) groups excluding carboxylic acids is 1. The van der Waals surface area contributed by atoms with Crippen LogP contribution in [0.2, 0.25) is 0 Å². The van der Waals surface area contributed by atoms with E-state index in [1.165, 1.54) is 0 Å². The van der Waals surface area contributed by atoms with E-state index in [-0.39, 0.29) is 41.8 Å². The predicted molar refractivity (Wildman–Crippen MR) is 79.0 cm³/mol. The number of hydrogen-bond donors (Lipinski definition) is 0. The standard InChI is InChI=1S/C16H16O4S.Na/c1-12-7-9-13(10-8-12)15(17)11-16(21(18,19)20)14-5-3-2-4-6-14;/h2-10,16H,11H2,1H3,(H,18,19,20);/q;+1/p-1. The Labute approximate surface area is 152 Å². The Bertz CT molecular complexity index is 725. The third-order valence-electron chi connectivity index (χ3n) is 3.26. The minimum absolute atomic E-state index is 0. The van der Waals surface area contributed by atoms with E-state index in [2.05, 4.69) is 0 Å². The van der Waals surface area contributed by atoms with Crippen molar-refractivity contribution in [3.63, 3.8) is 0 Å². The molecule has 2 rings (SSSR count). The fourth-order valence-electron chi connectivity index (χ4n) is 2.08. The molecule has 0 saturated carbocycles. The van der Waals surface area contributed by atoms with Crippen LogP contribution in [0.5, 0.6) is 0 Å². The van der Waals surface area contributed by atoms with Crippen LogP contribution in [-0.2, 0) is 10.1 Å². The Hall–Kier alpha value is -0.980. The molecule has 0 fully saturated rings. The molecule has 4 nitrogen and oxygen atoms in total. The molecule has 2 aromatic carbocycles. The summed E-state index contributed by atoms with van der Waals surface area (Å²) in [6, 6.07) is 14.9. The minimum atomic E-state index is -4.60. The van der Waals surface area contributed by atoms with Crippen LogP contribution in [0.4, 0.5) is 0 Å². The van der Waals surface area contributed by atoms with Gasteiger partial charge in [0.25, 0.3) is 0 Å². The summed E-state index contributed by atoms with van der Waals surface area (Å²) in [5.41, 5.74) is 1.75. The molecule has 0 radical (unpaired) electrons. The fraction of sp³-hybridized carbons (Fsp3) is 0.188. The molecule has 6 heteroatoms. The molecule has 0 spiro atoms. The maximum atomic E-state index is 12.2. The molecule has 2 aromatic rings. The van der Waals surface area contributed by atoms with Gasteiger partial charge in [-0.15, -0.1) is 0 Å². The molecular weight excluding hydrogens is 311 g/mol. The van der Waals surface area contributed by atoms with Crippen molar-refractivity contribution >= 4 is 15.9 Å². The molecule has 0 N–H and O–H groups in total. The van der Waals surface area contributed by atoms with Crippen molar-refractivity contribution in [1.29, 1.82) is 0 Å². The van der Waals surface area contributed by atoms with E-state index >= 15 is 0 Å².